The summed E-state index contributed by atoms with van der Waals surface area (Å²) in [6.45, 7) is 0. The number of amides is 2. The van der Waals surface area contributed by atoms with E-state index in [-0.39, 0.29) is 11.1 Å². The number of urea groups is 1. The number of rotatable bonds is 2. The molecule has 0 bridgehead atoms. The van der Waals surface area contributed by atoms with E-state index in [1.807, 2.05) is 0 Å². The normalized spacial score (nSPS) is 14.7. The van der Waals surface area contributed by atoms with Crippen molar-refractivity contribution in [1.29, 1.82) is 0 Å². The number of anilines is 1. The van der Waals surface area contributed by atoms with E-state index >= 15 is 0 Å². The number of carbonyl (C=O) groups is 1. The van der Waals surface area contributed by atoms with Gasteiger partial charge in [0.25, 0.3) is 0 Å². The molecule has 16 heavy (non-hydrogen) atoms. The molecule has 4 nitrogen and oxygen atoms in total. The summed E-state index contributed by atoms with van der Waals surface area (Å²) in [6, 6.07) is 1.68. The lowest BCUT2D eigenvalue weighted by Gasteiger charge is -2.16. The minimum absolute atomic E-state index is 0.0266. The number of carbonyl (C=O) groups excluding carboxylic acids is 1. The summed E-state index contributed by atoms with van der Waals surface area (Å²) in [5.74, 6) is -1.59. The highest BCUT2D eigenvalue weighted by molar-refractivity contribution is 5.90. The molecule has 1 aliphatic rings. The van der Waals surface area contributed by atoms with Crippen LogP contribution in [0.25, 0.3) is 0 Å². The van der Waals surface area contributed by atoms with Gasteiger partial charge in [0.05, 0.1) is 0 Å². The molecule has 0 saturated heterocycles. The Hall–Kier alpha value is -1.69. The van der Waals surface area contributed by atoms with E-state index in [1.54, 1.807) is 0 Å². The fourth-order valence-electron chi connectivity index (χ4n) is 1.22. The summed E-state index contributed by atoms with van der Waals surface area (Å²) in [5.41, 5.74) is -0.502. The van der Waals surface area contributed by atoms with E-state index in [4.69, 9.17) is 0 Å². The fourth-order valence-corrected chi connectivity index (χ4v) is 1.22. The number of benzene rings is 1. The van der Waals surface area contributed by atoms with Crippen LogP contribution in [0, 0.1) is 11.6 Å². The Bertz CT molecular complexity index is 421. The molecule has 6 heteroatoms. The van der Waals surface area contributed by atoms with Gasteiger partial charge < -0.3 is 5.32 Å². The quantitative estimate of drug-likeness (QED) is 0.601. The molecule has 2 amide bonds. The van der Waals surface area contributed by atoms with Gasteiger partial charge in [-0.2, -0.15) is 5.06 Å². The second-order valence-electron chi connectivity index (χ2n) is 3.63. The number of nitrogens with zero attached hydrogens (tertiary/aromatic N) is 1. The molecule has 86 valence electrons. The highest BCUT2D eigenvalue weighted by Crippen LogP contribution is 2.22. The molecule has 2 rings (SSSR count). The molecule has 0 aromatic heterocycles. The van der Waals surface area contributed by atoms with Gasteiger partial charge >= 0.3 is 6.03 Å². The maximum absolute atomic E-state index is 13.2. The minimum atomic E-state index is -0.866. The summed E-state index contributed by atoms with van der Waals surface area (Å²) in [6.07, 6.45) is 1.68. The number of hydrogen-bond donors (Lipinski definition) is 2. The molecule has 1 fully saturated rings. The predicted molar refractivity (Wildman–Crippen MR) is 52.2 cm³/mol. The van der Waals surface area contributed by atoms with Crippen molar-refractivity contribution in [3.05, 3.63) is 29.8 Å². The number of hydroxylamine groups is 1. The van der Waals surface area contributed by atoms with E-state index in [1.165, 1.54) is 0 Å². The SMILES string of the molecule is O=C(NC1CC1)N(O)c1cc(F)ccc1F. The summed E-state index contributed by atoms with van der Waals surface area (Å²) in [5, 5.41) is 11.9. The molecule has 1 aromatic carbocycles. The van der Waals surface area contributed by atoms with Crippen molar-refractivity contribution in [3.63, 3.8) is 0 Å². The fraction of sp³-hybridized carbons (Fsp3) is 0.300. The summed E-state index contributed by atoms with van der Waals surface area (Å²) in [7, 11) is 0. The second kappa shape index (κ2) is 4.05. The number of nitrogens with one attached hydrogen (secondary N) is 1. The highest BCUT2D eigenvalue weighted by atomic mass is 19.1. The van der Waals surface area contributed by atoms with Gasteiger partial charge in [-0.25, -0.2) is 13.6 Å². The van der Waals surface area contributed by atoms with Crippen LogP contribution in [0.1, 0.15) is 12.8 Å². The zero-order chi connectivity index (χ0) is 11.7. The molecule has 0 spiro atoms. The van der Waals surface area contributed by atoms with Crippen LogP contribution >= 0.6 is 0 Å². The molecule has 0 aliphatic heterocycles. The largest absolute Gasteiger partial charge is 0.346 e. The van der Waals surface area contributed by atoms with Crippen LogP contribution < -0.4 is 10.4 Å². The van der Waals surface area contributed by atoms with Crippen LogP contribution in [0.3, 0.4) is 0 Å². The Balaban J connectivity index is 2.14. The van der Waals surface area contributed by atoms with Gasteiger partial charge in [0.1, 0.15) is 17.3 Å². The molecule has 1 aromatic rings. The van der Waals surface area contributed by atoms with Crippen LogP contribution in [0.5, 0.6) is 0 Å². The third-order valence-corrected chi connectivity index (χ3v) is 2.23. The molecule has 0 atom stereocenters. The summed E-state index contributed by atoms with van der Waals surface area (Å²) in [4.78, 5) is 11.3. The minimum Gasteiger partial charge on any atom is -0.333 e. The van der Waals surface area contributed by atoms with Crippen molar-refractivity contribution in [2.75, 3.05) is 5.06 Å². The van der Waals surface area contributed by atoms with Gasteiger partial charge in [0, 0.05) is 12.1 Å². The van der Waals surface area contributed by atoms with Crippen molar-refractivity contribution in [2.24, 2.45) is 0 Å². The first-order valence-corrected chi connectivity index (χ1v) is 4.82. The number of halogens is 2. The van der Waals surface area contributed by atoms with Gasteiger partial charge in [0.2, 0.25) is 0 Å². The van der Waals surface area contributed by atoms with E-state index in [0.717, 1.165) is 31.0 Å². The topological polar surface area (TPSA) is 52.6 Å². The Morgan fingerprint density at radius 3 is 2.75 bits per heavy atom. The third kappa shape index (κ3) is 2.27. The Morgan fingerprint density at radius 2 is 2.12 bits per heavy atom. The van der Waals surface area contributed by atoms with Crippen LogP contribution in [0.15, 0.2) is 18.2 Å². The maximum Gasteiger partial charge on any atom is 0.346 e. The highest BCUT2D eigenvalue weighted by Gasteiger charge is 2.27. The van der Waals surface area contributed by atoms with Crippen molar-refractivity contribution in [1.82, 2.24) is 5.32 Å². The van der Waals surface area contributed by atoms with Crippen LogP contribution in [0.2, 0.25) is 0 Å². The molecule has 1 saturated carbocycles. The van der Waals surface area contributed by atoms with Gasteiger partial charge in [-0.3, -0.25) is 5.21 Å². The van der Waals surface area contributed by atoms with E-state index in [9.17, 15) is 18.8 Å². The van der Waals surface area contributed by atoms with Crippen molar-refractivity contribution < 1.29 is 18.8 Å². The van der Waals surface area contributed by atoms with E-state index in [2.05, 4.69) is 5.32 Å². The lowest BCUT2D eigenvalue weighted by Crippen LogP contribution is -2.39. The first-order chi connectivity index (χ1) is 7.58. The van der Waals surface area contributed by atoms with Gasteiger partial charge in [-0.1, -0.05) is 0 Å². The lowest BCUT2D eigenvalue weighted by molar-refractivity contribution is 0.203. The van der Waals surface area contributed by atoms with E-state index < -0.39 is 23.4 Å². The summed E-state index contributed by atoms with van der Waals surface area (Å²) >= 11 is 0. The molecule has 1 aliphatic carbocycles. The lowest BCUT2D eigenvalue weighted by atomic mass is 10.3. The van der Waals surface area contributed by atoms with Crippen molar-refractivity contribution in [2.45, 2.75) is 18.9 Å². The average molecular weight is 228 g/mol. The molecule has 0 radical (unpaired) electrons. The molecular formula is C10H10F2N2O2. The predicted octanol–water partition coefficient (Wildman–Crippen LogP) is 2.03. The van der Waals surface area contributed by atoms with Crippen LogP contribution in [-0.2, 0) is 0 Å². The third-order valence-electron chi connectivity index (χ3n) is 2.23. The van der Waals surface area contributed by atoms with E-state index in [0.29, 0.717) is 0 Å². The smallest absolute Gasteiger partial charge is 0.333 e. The zero-order valence-corrected chi connectivity index (χ0v) is 8.28. The Morgan fingerprint density at radius 1 is 1.44 bits per heavy atom. The Labute approximate surface area is 90.4 Å². The zero-order valence-electron chi connectivity index (χ0n) is 8.28. The second-order valence-corrected chi connectivity index (χ2v) is 3.63. The van der Waals surface area contributed by atoms with Crippen molar-refractivity contribution in [3.8, 4) is 0 Å². The summed E-state index contributed by atoms with van der Waals surface area (Å²) < 4.78 is 26.0. The Kier molecular flexibility index (Phi) is 2.74. The average Bonchev–Trinajstić information content (AvgIpc) is 3.04. The first-order valence-electron chi connectivity index (χ1n) is 4.82. The molecule has 2 N–H and O–H groups in total. The van der Waals surface area contributed by atoms with Crippen LogP contribution in [0.4, 0.5) is 19.3 Å². The first kappa shape index (κ1) is 10.8. The van der Waals surface area contributed by atoms with Crippen molar-refractivity contribution >= 4 is 11.7 Å². The van der Waals surface area contributed by atoms with Crippen LogP contribution in [-0.4, -0.2) is 17.3 Å². The molecular weight excluding hydrogens is 218 g/mol. The maximum atomic E-state index is 13.2. The van der Waals surface area contributed by atoms with Gasteiger partial charge in [0.15, 0.2) is 0 Å². The van der Waals surface area contributed by atoms with Gasteiger partial charge in [-0.15, -0.1) is 0 Å². The van der Waals surface area contributed by atoms with Gasteiger partial charge in [-0.05, 0) is 25.0 Å². The molecule has 0 heterocycles. The standard InChI is InChI=1S/C10H10F2N2O2/c11-6-1-4-8(12)9(5-6)14(16)10(15)13-7-2-3-7/h1,4-5,7,16H,2-3H2,(H,13,15). The number of hydrogen-bond acceptors (Lipinski definition) is 2. The molecule has 0 unspecified atom stereocenters. The monoisotopic (exact) mass is 228 g/mol.